The summed E-state index contributed by atoms with van der Waals surface area (Å²) in [5.74, 6) is 1.11. The van der Waals surface area contributed by atoms with Crippen LogP contribution in [0, 0.1) is 11.3 Å². The number of aliphatic hydroxyl groups is 1. The van der Waals surface area contributed by atoms with Gasteiger partial charge in [0, 0.05) is 25.8 Å². The zero-order valence-electron chi connectivity index (χ0n) is 20.9. The van der Waals surface area contributed by atoms with Crippen molar-refractivity contribution in [1.82, 2.24) is 9.97 Å². The molecule has 6 rings (SSSR count). The molecule has 3 fully saturated rings. The Hall–Kier alpha value is -2.92. The Kier molecular flexibility index (Phi) is 6.02. The molecular formula is C26H34N6O4S. The van der Waals surface area contributed by atoms with Crippen LogP contribution in [0.1, 0.15) is 61.7 Å². The molecule has 2 aromatic rings. The van der Waals surface area contributed by atoms with Crippen molar-refractivity contribution in [2.45, 2.75) is 56.1 Å². The van der Waals surface area contributed by atoms with Crippen molar-refractivity contribution in [3.63, 3.8) is 0 Å². The molecule has 0 radical (unpaired) electrons. The fourth-order valence-corrected chi connectivity index (χ4v) is 7.39. The second-order valence-electron chi connectivity index (χ2n) is 11.1. The first-order valence-corrected chi connectivity index (χ1v) is 14.7. The standard InChI is InChI=1S/C26H34N6O4S/c33-17-26(9-10-26)37(35,36)31-19-4-5-20-21(15-19)32-14-11-25(7-8-25)18(16-32)3-1-2-12-27-24-28-13-6-22(30-24)29-23(20)34/h4-6,13,15,18,31,33H,1-3,7-12,14,16-17H2,(H2,27,28,29,30,34). The molecule has 2 saturated carbocycles. The van der Waals surface area contributed by atoms with Crippen LogP contribution in [0.5, 0.6) is 0 Å². The maximum Gasteiger partial charge on any atom is 0.258 e. The fraction of sp³-hybridized carbons (Fsp3) is 0.577. The monoisotopic (exact) mass is 526 g/mol. The Morgan fingerprint density at radius 1 is 1.14 bits per heavy atom. The number of benzene rings is 1. The van der Waals surface area contributed by atoms with E-state index in [4.69, 9.17) is 0 Å². The van der Waals surface area contributed by atoms with Gasteiger partial charge in [0.25, 0.3) is 5.91 Å². The molecule has 1 aromatic carbocycles. The largest absolute Gasteiger partial charge is 0.395 e. The lowest BCUT2D eigenvalue weighted by Crippen LogP contribution is -2.42. The van der Waals surface area contributed by atoms with Crippen molar-refractivity contribution in [1.29, 1.82) is 0 Å². The minimum Gasteiger partial charge on any atom is -0.395 e. The molecular weight excluding hydrogens is 492 g/mol. The van der Waals surface area contributed by atoms with Crippen LogP contribution in [0.3, 0.4) is 0 Å². The molecule has 198 valence electrons. The van der Waals surface area contributed by atoms with E-state index < -0.39 is 21.4 Å². The lowest BCUT2D eigenvalue weighted by Gasteiger charge is -2.41. The number of rotatable bonds is 4. The number of aromatic nitrogens is 2. The van der Waals surface area contributed by atoms with Gasteiger partial charge in [-0.1, -0.05) is 6.42 Å². The minimum absolute atomic E-state index is 0.304. The third-order valence-electron chi connectivity index (χ3n) is 8.74. The zero-order chi connectivity index (χ0) is 25.7. The van der Waals surface area contributed by atoms with E-state index in [-0.39, 0.29) is 5.91 Å². The van der Waals surface area contributed by atoms with E-state index in [0.29, 0.717) is 52.9 Å². The highest BCUT2D eigenvalue weighted by Gasteiger charge is 2.54. The first-order chi connectivity index (χ1) is 17.8. The SMILES string of the molecule is O=C1Nc2ccnc(n2)NCCCCC2CN(CCC23CC3)c2cc(NS(=O)(=O)C3(CO)CC3)ccc21. The second kappa shape index (κ2) is 9.13. The molecule has 10 nitrogen and oxygen atoms in total. The topological polar surface area (TPSA) is 137 Å². The van der Waals surface area contributed by atoms with Crippen molar-refractivity contribution < 1.29 is 18.3 Å². The Morgan fingerprint density at radius 2 is 1.97 bits per heavy atom. The van der Waals surface area contributed by atoms with Crippen LogP contribution in [0.15, 0.2) is 30.5 Å². The molecule has 4 N–H and O–H groups in total. The van der Waals surface area contributed by atoms with Gasteiger partial charge in [0.15, 0.2) is 0 Å². The van der Waals surface area contributed by atoms with Crippen LogP contribution in [-0.4, -0.2) is 60.4 Å². The molecule has 1 saturated heterocycles. The average Bonchev–Trinajstić information content (AvgIpc) is 3.81. The number of nitrogens with one attached hydrogen (secondary N) is 3. The van der Waals surface area contributed by atoms with Gasteiger partial charge in [0.2, 0.25) is 16.0 Å². The normalized spacial score (nSPS) is 24.1. The van der Waals surface area contributed by atoms with Gasteiger partial charge in [-0.25, -0.2) is 13.4 Å². The highest BCUT2D eigenvalue weighted by Crippen LogP contribution is 2.58. The summed E-state index contributed by atoms with van der Waals surface area (Å²) in [4.78, 5) is 24.4. The predicted octanol–water partition coefficient (Wildman–Crippen LogP) is 3.20. The van der Waals surface area contributed by atoms with E-state index in [2.05, 4.69) is 30.2 Å². The smallest absolute Gasteiger partial charge is 0.258 e. The number of fused-ring (bicyclic) bond motifs is 7. The van der Waals surface area contributed by atoms with E-state index >= 15 is 0 Å². The van der Waals surface area contributed by atoms with E-state index in [1.54, 1.807) is 30.5 Å². The van der Waals surface area contributed by atoms with Gasteiger partial charge in [-0.05, 0) is 80.5 Å². The van der Waals surface area contributed by atoms with Crippen molar-refractivity contribution in [3.8, 4) is 0 Å². The van der Waals surface area contributed by atoms with Gasteiger partial charge in [-0.3, -0.25) is 9.52 Å². The van der Waals surface area contributed by atoms with Crippen LogP contribution in [0.25, 0.3) is 0 Å². The summed E-state index contributed by atoms with van der Waals surface area (Å²) < 4.78 is 27.5. The van der Waals surface area contributed by atoms with Crippen molar-refractivity contribution in [2.75, 3.05) is 46.5 Å². The quantitative estimate of drug-likeness (QED) is 0.477. The number of hydrogen-bond donors (Lipinski definition) is 4. The lowest BCUT2D eigenvalue weighted by atomic mass is 9.79. The number of nitrogens with zero attached hydrogens (tertiary/aromatic N) is 3. The second-order valence-corrected chi connectivity index (χ2v) is 13.2. The predicted molar refractivity (Wildman–Crippen MR) is 142 cm³/mol. The minimum atomic E-state index is -3.75. The molecule has 2 aliphatic carbocycles. The fourth-order valence-electron chi connectivity index (χ4n) is 5.92. The van der Waals surface area contributed by atoms with Crippen molar-refractivity contribution in [3.05, 3.63) is 36.0 Å². The summed E-state index contributed by atoms with van der Waals surface area (Å²) in [6.07, 6.45) is 9.33. The van der Waals surface area contributed by atoms with E-state index in [1.165, 1.54) is 12.8 Å². The summed E-state index contributed by atoms with van der Waals surface area (Å²) in [7, 11) is -3.75. The van der Waals surface area contributed by atoms with E-state index in [1.807, 2.05) is 0 Å². The van der Waals surface area contributed by atoms with Crippen molar-refractivity contribution in [2.24, 2.45) is 11.3 Å². The molecule has 1 atom stereocenters. The van der Waals surface area contributed by atoms with E-state index in [0.717, 1.165) is 45.3 Å². The number of carbonyl (C=O) groups is 1. The molecule has 1 aromatic heterocycles. The number of hydrogen-bond acceptors (Lipinski definition) is 8. The van der Waals surface area contributed by atoms with Crippen LogP contribution in [-0.2, 0) is 10.0 Å². The van der Waals surface area contributed by atoms with Gasteiger partial charge in [-0.2, -0.15) is 4.98 Å². The Bertz CT molecular complexity index is 1310. The zero-order valence-corrected chi connectivity index (χ0v) is 21.7. The molecule has 4 bridgehead atoms. The van der Waals surface area contributed by atoms with Crippen LogP contribution in [0.4, 0.5) is 23.1 Å². The maximum absolute atomic E-state index is 13.5. The van der Waals surface area contributed by atoms with Crippen LogP contribution in [0.2, 0.25) is 0 Å². The van der Waals surface area contributed by atoms with E-state index in [9.17, 15) is 18.3 Å². The van der Waals surface area contributed by atoms with Crippen LogP contribution < -0.4 is 20.3 Å². The van der Waals surface area contributed by atoms with Crippen molar-refractivity contribution >= 4 is 39.1 Å². The highest BCUT2D eigenvalue weighted by molar-refractivity contribution is 7.94. The molecule has 11 heteroatoms. The number of anilines is 4. The number of amides is 1. The molecule has 1 unspecified atom stereocenters. The molecule has 37 heavy (non-hydrogen) atoms. The lowest BCUT2D eigenvalue weighted by molar-refractivity contribution is 0.102. The van der Waals surface area contributed by atoms with Gasteiger partial charge in [0.1, 0.15) is 10.6 Å². The number of aliphatic hydroxyl groups excluding tert-OH is 1. The summed E-state index contributed by atoms with van der Waals surface area (Å²) in [5, 5.41) is 15.8. The number of sulfonamides is 1. The average molecular weight is 527 g/mol. The van der Waals surface area contributed by atoms with Crippen LogP contribution >= 0.6 is 0 Å². The van der Waals surface area contributed by atoms with Gasteiger partial charge < -0.3 is 20.6 Å². The number of piperidine rings is 1. The first kappa shape index (κ1) is 24.4. The molecule has 1 spiro atoms. The van der Waals surface area contributed by atoms with Gasteiger partial charge >= 0.3 is 0 Å². The third kappa shape index (κ3) is 4.63. The molecule has 1 amide bonds. The first-order valence-electron chi connectivity index (χ1n) is 13.2. The molecule has 3 heterocycles. The Morgan fingerprint density at radius 3 is 2.73 bits per heavy atom. The Labute approximate surface area is 217 Å². The van der Waals surface area contributed by atoms with Gasteiger partial charge in [0.05, 0.1) is 23.5 Å². The summed E-state index contributed by atoms with van der Waals surface area (Å²) in [6.45, 7) is 2.05. The number of carbonyl (C=O) groups excluding carboxylic acids is 1. The van der Waals surface area contributed by atoms with Gasteiger partial charge in [-0.15, -0.1) is 0 Å². The third-order valence-corrected chi connectivity index (χ3v) is 10.9. The summed E-state index contributed by atoms with van der Waals surface area (Å²) >= 11 is 0. The maximum atomic E-state index is 13.5. The summed E-state index contributed by atoms with van der Waals surface area (Å²) in [5.41, 5.74) is 2.00. The molecule has 2 aliphatic heterocycles. The summed E-state index contributed by atoms with van der Waals surface area (Å²) in [6, 6.07) is 6.72. The molecule has 4 aliphatic rings. The Balaban J connectivity index is 1.36. The highest BCUT2D eigenvalue weighted by atomic mass is 32.2.